The van der Waals surface area contributed by atoms with E-state index in [1.165, 1.54) is 12.1 Å². The Morgan fingerprint density at radius 1 is 1.14 bits per heavy atom. The third-order valence-corrected chi connectivity index (χ3v) is 3.79. The van der Waals surface area contributed by atoms with E-state index in [1.807, 2.05) is 0 Å². The van der Waals surface area contributed by atoms with Crippen LogP contribution in [0.2, 0.25) is 5.02 Å². The predicted molar refractivity (Wildman–Crippen MR) is 82.3 cm³/mol. The van der Waals surface area contributed by atoms with Crippen molar-refractivity contribution in [2.75, 3.05) is 5.73 Å². The van der Waals surface area contributed by atoms with Gasteiger partial charge in [-0.25, -0.2) is 4.39 Å². The van der Waals surface area contributed by atoms with Crippen LogP contribution in [0.1, 0.15) is 0 Å². The number of rotatable bonds is 2. The quantitative estimate of drug-likeness (QED) is 0.674. The Morgan fingerprint density at radius 3 is 2.62 bits per heavy atom. The fourth-order valence-corrected chi connectivity index (χ4v) is 2.62. The van der Waals surface area contributed by atoms with Crippen LogP contribution >= 0.6 is 27.5 Å². The van der Waals surface area contributed by atoms with Gasteiger partial charge in [-0.05, 0) is 52.3 Å². The Bertz CT molecular complexity index is 756. The van der Waals surface area contributed by atoms with Gasteiger partial charge in [0.15, 0.2) is 0 Å². The molecule has 3 rings (SSSR count). The monoisotopic (exact) mass is 367 g/mol. The van der Waals surface area contributed by atoms with Crippen LogP contribution in [-0.2, 0) is 0 Å². The average Bonchev–Trinajstić information content (AvgIpc) is 2.87. The van der Waals surface area contributed by atoms with Gasteiger partial charge in [0.05, 0.1) is 10.6 Å². The molecule has 0 aliphatic rings. The summed E-state index contributed by atoms with van der Waals surface area (Å²) in [5.41, 5.74) is 7.40. The maximum absolute atomic E-state index is 13.1. The molecule has 1 aromatic heterocycles. The first-order valence-electron chi connectivity index (χ1n) is 5.89. The zero-order valence-corrected chi connectivity index (χ0v) is 12.8. The minimum absolute atomic E-state index is 0.270. The lowest BCUT2D eigenvalue weighted by atomic mass is 10.2. The Balaban J connectivity index is 2.03. The maximum atomic E-state index is 13.1. The van der Waals surface area contributed by atoms with Gasteiger partial charge in [0.25, 0.3) is 5.89 Å². The lowest BCUT2D eigenvalue weighted by Crippen LogP contribution is -1.87. The Labute approximate surface area is 132 Å². The zero-order chi connectivity index (χ0) is 15.0. The number of halogens is 3. The molecular weight excluding hydrogens is 361 g/mol. The fourth-order valence-electron chi connectivity index (χ4n) is 1.82. The molecule has 7 heteroatoms. The van der Waals surface area contributed by atoms with E-state index < -0.39 is 0 Å². The average molecular weight is 369 g/mol. The Hall–Kier alpha value is -1.92. The maximum Gasteiger partial charge on any atom is 0.259 e. The van der Waals surface area contributed by atoms with Crippen molar-refractivity contribution in [1.29, 1.82) is 0 Å². The first-order valence-corrected chi connectivity index (χ1v) is 7.06. The van der Waals surface area contributed by atoms with E-state index in [0.717, 1.165) is 0 Å². The molecule has 0 aliphatic carbocycles. The van der Waals surface area contributed by atoms with Crippen LogP contribution in [0.4, 0.5) is 10.1 Å². The van der Waals surface area contributed by atoms with Crippen molar-refractivity contribution in [2.45, 2.75) is 0 Å². The number of nitrogen functional groups attached to an aromatic ring is 1. The summed E-state index contributed by atoms with van der Waals surface area (Å²) in [6.07, 6.45) is 0. The lowest BCUT2D eigenvalue weighted by Gasteiger charge is -2.00. The smallest absolute Gasteiger partial charge is 0.259 e. The second kappa shape index (κ2) is 5.46. The highest BCUT2D eigenvalue weighted by Crippen LogP contribution is 2.32. The van der Waals surface area contributed by atoms with Crippen LogP contribution in [0, 0.1) is 5.82 Å². The van der Waals surface area contributed by atoms with Gasteiger partial charge in [0, 0.05) is 15.7 Å². The molecule has 0 fully saturated rings. The summed E-state index contributed by atoms with van der Waals surface area (Å²) in [7, 11) is 0. The summed E-state index contributed by atoms with van der Waals surface area (Å²) in [5.74, 6) is 0.256. The number of benzene rings is 2. The molecule has 4 nitrogen and oxygen atoms in total. The van der Waals surface area contributed by atoms with E-state index in [-0.39, 0.29) is 11.7 Å². The van der Waals surface area contributed by atoms with Crippen LogP contribution in [0.15, 0.2) is 45.4 Å². The molecule has 0 aliphatic heterocycles. The van der Waals surface area contributed by atoms with E-state index in [1.54, 1.807) is 24.3 Å². The predicted octanol–water partition coefficient (Wildman–Crippen LogP) is 4.54. The standard InChI is InChI=1S/C14H8BrClFN3O/c15-11-5-7(17)1-3-9(11)13-19-14(21-20-13)10-4-2-8(18)6-12(10)16/h1-6H,18H2. The molecule has 3 aromatic rings. The number of aromatic nitrogens is 2. The topological polar surface area (TPSA) is 64.9 Å². The fraction of sp³-hybridized carbons (Fsp3) is 0. The third kappa shape index (κ3) is 2.77. The first kappa shape index (κ1) is 14.0. The summed E-state index contributed by atoms with van der Waals surface area (Å²) >= 11 is 9.37. The summed E-state index contributed by atoms with van der Waals surface area (Å²) in [4.78, 5) is 4.28. The molecule has 0 unspecified atom stereocenters. The Kier molecular flexibility index (Phi) is 3.65. The minimum atomic E-state index is -0.351. The van der Waals surface area contributed by atoms with E-state index in [9.17, 15) is 4.39 Å². The van der Waals surface area contributed by atoms with E-state index >= 15 is 0 Å². The highest BCUT2D eigenvalue weighted by Gasteiger charge is 2.15. The van der Waals surface area contributed by atoms with Gasteiger partial charge in [-0.1, -0.05) is 16.8 Å². The molecule has 2 aromatic carbocycles. The van der Waals surface area contributed by atoms with Crippen molar-refractivity contribution in [2.24, 2.45) is 0 Å². The zero-order valence-electron chi connectivity index (χ0n) is 10.5. The van der Waals surface area contributed by atoms with Gasteiger partial charge in [-0.2, -0.15) is 4.98 Å². The number of nitrogens with two attached hydrogens (primary N) is 1. The van der Waals surface area contributed by atoms with Gasteiger partial charge in [0.2, 0.25) is 5.82 Å². The SMILES string of the molecule is Nc1ccc(-c2nc(-c3ccc(F)cc3Br)no2)c(Cl)c1. The summed E-state index contributed by atoms with van der Waals surface area (Å²) in [5, 5.41) is 4.31. The van der Waals surface area contributed by atoms with E-state index in [4.69, 9.17) is 21.9 Å². The lowest BCUT2D eigenvalue weighted by molar-refractivity contribution is 0.432. The molecule has 1 heterocycles. The molecule has 0 spiro atoms. The molecule has 2 N–H and O–H groups in total. The van der Waals surface area contributed by atoms with Crippen LogP contribution in [0.3, 0.4) is 0 Å². The van der Waals surface area contributed by atoms with Crippen LogP contribution in [-0.4, -0.2) is 10.1 Å². The van der Waals surface area contributed by atoms with Crippen LogP contribution < -0.4 is 5.73 Å². The first-order chi connectivity index (χ1) is 10.0. The van der Waals surface area contributed by atoms with Gasteiger partial charge >= 0.3 is 0 Å². The van der Waals surface area contributed by atoms with Crippen molar-refractivity contribution < 1.29 is 8.91 Å². The number of hydrogen-bond acceptors (Lipinski definition) is 4. The van der Waals surface area contributed by atoms with Gasteiger partial charge < -0.3 is 10.3 Å². The van der Waals surface area contributed by atoms with Gasteiger partial charge in [-0.15, -0.1) is 0 Å². The third-order valence-electron chi connectivity index (χ3n) is 2.82. The van der Waals surface area contributed by atoms with Gasteiger partial charge in [0.1, 0.15) is 5.82 Å². The number of hydrogen-bond donors (Lipinski definition) is 1. The largest absolute Gasteiger partial charge is 0.399 e. The summed E-state index contributed by atoms with van der Waals surface area (Å²) < 4.78 is 18.9. The highest BCUT2D eigenvalue weighted by molar-refractivity contribution is 9.10. The number of nitrogens with zero attached hydrogens (tertiary/aromatic N) is 2. The molecule has 0 amide bonds. The molecule has 0 radical (unpaired) electrons. The van der Waals surface area contributed by atoms with Gasteiger partial charge in [-0.3, -0.25) is 0 Å². The van der Waals surface area contributed by atoms with E-state index in [2.05, 4.69) is 26.1 Å². The molecule has 0 atom stereocenters. The van der Waals surface area contributed by atoms with Crippen LogP contribution in [0.25, 0.3) is 22.8 Å². The highest BCUT2D eigenvalue weighted by atomic mass is 79.9. The van der Waals surface area contributed by atoms with Crippen molar-refractivity contribution in [1.82, 2.24) is 10.1 Å². The molecule has 106 valence electrons. The normalized spacial score (nSPS) is 10.8. The minimum Gasteiger partial charge on any atom is -0.399 e. The van der Waals surface area contributed by atoms with Crippen molar-refractivity contribution in [3.63, 3.8) is 0 Å². The Morgan fingerprint density at radius 2 is 1.90 bits per heavy atom. The molecule has 0 saturated carbocycles. The van der Waals surface area contributed by atoms with Crippen molar-refractivity contribution >= 4 is 33.2 Å². The van der Waals surface area contributed by atoms with Crippen molar-refractivity contribution in [3.8, 4) is 22.8 Å². The molecule has 21 heavy (non-hydrogen) atoms. The molecular formula is C14H8BrClFN3O. The summed E-state index contributed by atoms with van der Waals surface area (Å²) in [6, 6.07) is 9.23. The second-order valence-electron chi connectivity index (χ2n) is 4.29. The molecule has 0 bridgehead atoms. The van der Waals surface area contributed by atoms with Crippen molar-refractivity contribution in [3.05, 3.63) is 51.7 Å². The van der Waals surface area contributed by atoms with Crippen LogP contribution in [0.5, 0.6) is 0 Å². The second-order valence-corrected chi connectivity index (χ2v) is 5.55. The molecule has 0 saturated heterocycles. The summed E-state index contributed by atoms with van der Waals surface area (Å²) in [6.45, 7) is 0. The number of anilines is 1. The van der Waals surface area contributed by atoms with E-state index in [0.29, 0.717) is 32.1 Å².